The van der Waals surface area contributed by atoms with Gasteiger partial charge in [-0.3, -0.25) is 4.79 Å². The summed E-state index contributed by atoms with van der Waals surface area (Å²) < 4.78 is 39.8. The maximum Gasteiger partial charge on any atom is 0.573 e. The average molecular weight is 258 g/mol. The predicted molar refractivity (Wildman–Crippen MR) is 57.1 cm³/mol. The SMILES string of the molecule is O=Cc1cc(C#CCCO)cc(OC(F)(F)F)c1. The number of halogens is 3. The fourth-order valence-corrected chi connectivity index (χ4v) is 1.18. The molecule has 18 heavy (non-hydrogen) atoms. The van der Waals surface area contributed by atoms with E-state index < -0.39 is 12.1 Å². The van der Waals surface area contributed by atoms with Crippen molar-refractivity contribution in [3.05, 3.63) is 29.3 Å². The molecule has 1 rings (SSSR count). The molecule has 1 aromatic rings. The summed E-state index contributed by atoms with van der Waals surface area (Å²) in [5.74, 6) is 4.57. The first-order valence-electron chi connectivity index (χ1n) is 4.90. The molecule has 0 heterocycles. The zero-order valence-electron chi connectivity index (χ0n) is 9.12. The third-order valence-electron chi connectivity index (χ3n) is 1.77. The molecule has 1 N–H and O–H groups in total. The Morgan fingerprint density at radius 1 is 1.33 bits per heavy atom. The summed E-state index contributed by atoms with van der Waals surface area (Å²) >= 11 is 0. The van der Waals surface area contributed by atoms with E-state index >= 15 is 0 Å². The van der Waals surface area contributed by atoms with Crippen molar-refractivity contribution in [2.24, 2.45) is 0 Å². The van der Waals surface area contributed by atoms with Crippen LogP contribution in [-0.2, 0) is 0 Å². The van der Waals surface area contributed by atoms with Crippen LogP contribution < -0.4 is 4.74 Å². The van der Waals surface area contributed by atoms with Crippen LogP contribution in [0.2, 0.25) is 0 Å². The van der Waals surface area contributed by atoms with Crippen molar-refractivity contribution in [1.82, 2.24) is 0 Å². The zero-order chi connectivity index (χ0) is 13.6. The van der Waals surface area contributed by atoms with Gasteiger partial charge < -0.3 is 9.84 Å². The predicted octanol–water partition coefficient (Wildman–Crippen LogP) is 2.13. The Bertz CT molecular complexity index is 484. The van der Waals surface area contributed by atoms with Gasteiger partial charge in [-0.2, -0.15) is 0 Å². The number of carbonyl (C=O) groups excluding carboxylic acids is 1. The molecular weight excluding hydrogens is 249 g/mol. The number of rotatable bonds is 3. The summed E-state index contributed by atoms with van der Waals surface area (Å²) in [7, 11) is 0. The van der Waals surface area contributed by atoms with Gasteiger partial charge in [-0.15, -0.1) is 13.2 Å². The summed E-state index contributed by atoms with van der Waals surface area (Å²) in [6.07, 6.45) is -4.22. The first-order chi connectivity index (χ1) is 8.44. The molecule has 0 aromatic heterocycles. The Morgan fingerprint density at radius 3 is 2.61 bits per heavy atom. The Morgan fingerprint density at radius 2 is 2.06 bits per heavy atom. The third kappa shape index (κ3) is 4.89. The van der Waals surface area contributed by atoms with E-state index in [-0.39, 0.29) is 24.2 Å². The van der Waals surface area contributed by atoms with Crippen molar-refractivity contribution in [1.29, 1.82) is 0 Å². The largest absolute Gasteiger partial charge is 0.573 e. The molecule has 1 aromatic carbocycles. The molecule has 0 spiro atoms. The van der Waals surface area contributed by atoms with Crippen LogP contribution in [0, 0.1) is 11.8 Å². The highest BCUT2D eigenvalue weighted by Gasteiger charge is 2.31. The molecule has 0 aliphatic carbocycles. The van der Waals surface area contributed by atoms with Crippen LogP contribution in [0.3, 0.4) is 0 Å². The number of benzene rings is 1. The lowest BCUT2D eigenvalue weighted by Gasteiger charge is -2.09. The summed E-state index contributed by atoms with van der Waals surface area (Å²) in [6, 6.07) is 3.38. The van der Waals surface area contributed by atoms with E-state index in [1.54, 1.807) is 0 Å². The number of aldehydes is 1. The number of carbonyl (C=O) groups is 1. The average Bonchev–Trinajstić information content (AvgIpc) is 2.26. The molecule has 0 unspecified atom stereocenters. The quantitative estimate of drug-likeness (QED) is 0.667. The fourth-order valence-electron chi connectivity index (χ4n) is 1.18. The van der Waals surface area contributed by atoms with Crippen LogP contribution in [0.1, 0.15) is 22.3 Å². The van der Waals surface area contributed by atoms with Gasteiger partial charge in [0.1, 0.15) is 12.0 Å². The maximum atomic E-state index is 12.0. The van der Waals surface area contributed by atoms with Gasteiger partial charge in [0.15, 0.2) is 0 Å². The van der Waals surface area contributed by atoms with Crippen molar-refractivity contribution in [3.63, 3.8) is 0 Å². The molecule has 0 radical (unpaired) electrons. The maximum absolute atomic E-state index is 12.0. The summed E-state index contributed by atoms with van der Waals surface area (Å²) in [4.78, 5) is 10.6. The highest BCUT2D eigenvalue weighted by atomic mass is 19.4. The van der Waals surface area contributed by atoms with Crippen LogP contribution in [0.25, 0.3) is 0 Å². The van der Waals surface area contributed by atoms with Crippen molar-refractivity contribution < 1.29 is 27.8 Å². The second-order valence-electron chi connectivity index (χ2n) is 3.23. The number of ether oxygens (including phenoxy) is 1. The second-order valence-corrected chi connectivity index (χ2v) is 3.23. The fraction of sp³-hybridized carbons (Fsp3) is 0.250. The van der Waals surface area contributed by atoms with Crippen molar-refractivity contribution in [2.75, 3.05) is 6.61 Å². The van der Waals surface area contributed by atoms with Gasteiger partial charge in [-0.1, -0.05) is 11.8 Å². The van der Waals surface area contributed by atoms with Crippen LogP contribution in [0.5, 0.6) is 5.75 Å². The number of alkyl halides is 3. The molecular formula is C12H9F3O3. The summed E-state index contributed by atoms with van der Waals surface area (Å²) in [5.41, 5.74) is 0.248. The first-order valence-corrected chi connectivity index (χ1v) is 4.90. The molecule has 0 aliphatic rings. The number of hydrogen-bond donors (Lipinski definition) is 1. The lowest BCUT2D eigenvalue weighted by molar-refractivity contribution is -0.274. The Labute approximate surface area is 101 Å². The molecule has 0 bridgehead atoms. The van der Waals surface area contributed by atoms with Gasteiger partial charge in [0.2, 0.25) is 0 Å². The molecule has 0 saturated carbocycles. The smallest absolute Gasteiger partial charge is 0.406 e. The minimum atomic E-state index is -4.82. The molecule has 0 saturated heterocycles. The van der Waals surface area contributed by atoms with Crippen molar-refractivity contribution >= 4 is 6.29 Å². The van der Waals surface area contributed by atoms with E-state index in [0.29, 0.717) is 6.29 Å². The van der Waals surface area contributed by atoms with E-state index in [1.807, 2.05) is 0 Å². The molecule has 96 valence electrons. The highest BCUT2D eigenvalue weighted by Crippen LogP contribution is 2.24. The van der Waals surface area contributed by atoms with E-state index in [0.717, 1.165) is 12.1 Å². The van der Waals surface area contributed by atoms with Gasteiger partial charge in [-0.05, 0) is 18.2 Å². The number of aliphatic hydroxyl groups excluding tert-OH is 1. The minimum Gasteiger partial charge on any atom is -0.406 e. The van der Waals surface area contributed by atoms with Gasteiger partial charge >= 0.3 is 6.36 Å². The zero-order valence-corrected chi connectivity index (χ0v) is 9.12. The van der Waals surface area contributed by atoms with Crippen LogP contribution in [-0.4, -0.2) is 24.4 Å². The summed E-state index contributed by atoms with van der Waals surface area (Å²) in [6.45, 7) is -0.147. The Kier molecular flexibility index (Phi) is 4.75. The first kappa shape index (κ1) is 14.1. The molecule has 3 nitrogen and oxygen atoms in total. The molecule has 0 atom stereocenters. The Hall–Kier alpha value is -2.00. The van der Waals surface area contributed by atoms with Crippen LogP contribution in [0.4, 0.5) is 13.2 Å². The van der Waals surface area contributed by atoms with Crippen LogP contribution in [0.15, 0.2) is 18.2 Å². The highest BCUT2D eigenvalue weighted by molar-refractivity contribution is 5.76. The van der Waals surface area contributed by atoms with E-state index in [2.05, 4.69) is 16.6 Å². The second kappa shape index (κ2) is 6.07. The van der Waals surface area contributed by atoms with Gasteiger partial charge in [0.25, 0.3) is 0 Å². The minimum absolute atomic E-state index is 0.0325. The normalized spacial score (nSPS) is 10.4. The molecule has 0 fully saturated rings. The number of aliphatic hydroxyl groups is 1. The van der Waals surface area contributed by atoms with Gasteiger partial charge in [-0.25, -0.2) is 0 Å². The monoisotopic (exact) mass is 258 g/mol. The number of hydrogen-bond acceptors (Lipinski definition) is 3. The topological polar surface area (TPSA) is 46.5 Å². The standard InChI is InChI=1S/C12H9F3O3/c13-12(14,15)18-11-6-9(3-1-2-4-16)5-10(7-11)8-17/h5-8,16H,2,4H2. The van der Waals surface area contributed by atoms with Gasteiger partial charge in [0.05, 0.1) is 6.61 Å². The molecule has 6 heteroatoms. The van der Waals surface area contributed by atoms with E-state index in [9.17, 15) is 18.0 Å². The van der Waals surface area contributed by atoms with E-state index in [4.69, 9.17) is 5.11 Å². The molecule has 0 amide bonds. The lowest BCUT2D eigenvalue weighted by atomic mass is 10.1. The third-order valence-corrected chi connectivity index (χ3v) is 1.77. The Balaban J connectivity index is 3.03. The van der Waals surface area contributed by atoms with Crippen LogP contribution >= 0.6 is 0 Å². The van der Waals surface area contributed by atoms with E-state index in [1.165, 1.54) is 6.07 Å². The van der Waals surface area contributed by atoms with Crippen molar-refractivity contribution in [2.45, 2.75) is 12.8 Å². The van der Waals surface area contributed by atoms with Crippen molar-refractivity contribution in [3.8, 4) is 17.6 Å². The molecule has 0 aliphatic heterocycles. The van der Waals surface area contributed by atoms with Gasteiger partial charge in [0, 0.05) is 17.5 Å². The summed E-state index contributed by atoms with van der Waals surface area (Å²) in [5, 5.41) is 8.52. The lowest BCUT2D eigenvalue weighted by Crippen LogP contribution is -2.17.